The lowest BCUT2D eigenvalue weighted by atomic mass is 10.3. The Morgan fingerprint density at radius 3 is 2.58 bits per heavy atom. The lowest BCUT2D eigenvalue weighted by Gasteiger charge is -2.18. The van der Waals surface area contributed by atoms with Gasteiger partial charge in [0.1, 0.15) is 0 Å². The van der Waals surface area contributed by atoms with Gasteiger partial charge < -0.3 is 4.90 Å². The van der Waals surface area contributed by atoms with E-state index < -0.39 is 0 Å². The lowest BCUT2D eigenvalue weighted by molar-refractivity contribution is 0.968. The van der Waals surface area contributed by atoms with Gasteiger partial charge in [0.2, 0.25) is 0 Å². The topological polar surface area (TPSA) is 3.24 Å². The molecule has 0 amide bonds. The number of rotatable bonds is 2. The van der Waals surface area contributed by atoms with Crippen LogP contribution in [0.1, 0.15) is 6.92 Å². The van der Waals surface area contributed by atoms with E-state index in [9.17, 15) is 0 Å². The minimum absolute atomic E-state index is 0.606. The average molecular weight is 204 g/mol. The first-order chi connectivity index (χ1) is 5.66. The molecular formula is C9H11Cl2N. The summed E-state index contributed by atoms with van der Waals surface area (Å²) in [4.78, 5) is 2.05. The molecule has 0 N–H and O–H groups in total. The van der Waals surface area contributed by atoms with Gasteiger partial charge in [0.15, 0.2) is 0 Å². The third kappa shape index (κ3) is 1.85. The van der Waals surface area contributed by atoms with Crippen LogP contribution < -0.4 is 4.90 Å². The Morgan fingerprint density at radius 2 is 2.00 bits per heavy atom. The van der Waals surface area contributed by atoms with E-state index in [0.717, 1.165) is 12.2 Å². The van der Waals surface area contributed by atoms with Crippen LogP contribution in [-0.2, 0) is 0 Å². The Hall–Kier alpha value is -0.400. The van der Waals surface area contributed by atoms with Crippen molar-refractivity contribution < 1.29 is 0 Å². The Bertz CT molecular complexity index is 273. The summed E-state index contributed by atoms with van der Waals surface area (Å²) in [7, 11) is 1.98. The molecule has 0 fully saturated rings. The molecule has 3 heteroatoms. The molecule has 0 aliphatic rings. The summed E-state index contributed by atoms with van der Waals surface area (Å²) in [5.74, 6) is 0. The molecule has 1 aromatic carbocycles. The van der Waals surface area contributed by atoms with Crippen molar-refractivity contribution in [3.05, 3.63) is 28.2 Å². The summed E-state index contributed by atoms with van der Waals surface area (Å²) in [6.07, 6.45) is 0. The summed E-state index contributed by atoms with van der Waals surface area (Å²) >= 11 is 11.8. The average Bonchev–Trinajstić information content (AvgIpc) is 2.08. The largest absolute Gasteiger partial charge is 0.374 e. The van der Waals surface area contributed by atoms with Crippen molar-refractivity contribution in [3.8, 4) is 0 Å². The Morgan fingerprint density at radius 1 is 1.33 bits per heavy atom. The molecule has 0 spiro atoms. The van der Waals surface area contributed by atoms with Crippen LogP contribution in [0.15, 0.2) is 18.2 Å². The second-order valence-electron chi connectivity index (χ2n) is 2.59. The summed E-state index contributed by atoms with van der Waals surface area (Å²) in [6.45, 7) is 2.98. The molecule has 1 nitrogen and oxygen atoms in total. The molecule has 0 atom stereocenters. The van der Waals surface area contributed by atoms with Gasteiger partial charge in [0, 0.05) is 13.6 Å². The van der Waals surface area contributed by atoms with E-state index in [-0.39, 0.29) is 0 Å². The van der Waals surface area contributed by atoms with Gasteiger partial charge in [-0.1, -0.05) is 29.3 Å². The van der Waals surface area contributed by atoms with Crippen LogP contribution >= 0.6 is 23.2 Å². The van der Waals surface area contributed by atoms with Gasteiger partial charge in [-0.25, -0.2) is 0 Å². The Labute approximate surface area is 82.9 Å². The minimum atomic E-state index is 0.606. The van der Waals surface area contributed by atoms with E-state index in [1.807, 2.05) is 24.1 Å². The quantitative estimate of drug-likeness (QED) is 0.713. The maximum atomic E-state index is 5.99. The molecule has 0 aliphatic heterocycles. The third-order valence-electron chi connectivity index (χ3n) is 1.82. The van der Waals surface area contributed by atoms with Crippen molar-refractivity contribution >= 4 is 28.9 Å². The second-order valence-corrected chi connectivity index (χ2v) is 3.37. The van der Waals surface area contributed by atoms with Gasteiger partial charge >= 0.3 is 0 Å². The smallest absolute Gasteiger partial charge is 0.0825 e. The van der Waals surface area contributed by atoms with Crippen LogP contribution in [-0.4, -0.2) is 13.6 Å². The molecule has 66 valence electrons. The van der Waals surface area contributed by atoms with E-state index in [0.29, 0.717) is 10.0 Å². The van der Waals surface area contributed by atoms with E-state index in [1.54, 1.807) is 6.07 Å². The molecule has 0 heterocycles. The van der Waals surface area contributed by atoms with Gasteiger partial charge in [0.25, 0.3) is 0 Å². The molecular weight excluding hydrogens is 193 g/mol. The monoisotopic (exact) mass is 203 g/mol. The normalized spacial score (nSPS) is 10.0. The number of halogens is 2. The molecule has 0 unspecified atom stereocenters. The predicted molar refractivity (Wildman–Crippen MR) is 55.4 cm³/mol. The van der Waals surface area contributed by atoms with Crippen molar-refractivity contribution in [2.45, 2.75) is 6.92 Å². The fourth-order valence-corrected chi connectivity index (χ4v) is 1.40. The number of nitrogens with zero attached hydrogens (tertiary/aromatic N) is 1. The molecule has 0 bridgehead atoms. The SMILES string of the molecule is CCN(C)c1cccc(Cl)c1Cl. The van der Waals surface area contributed by atoms with Crippen LogP contribution in [0.4, 0.5) is 5.69 Å². The van der Waals surface area contributed by atoms with Crippen molar-refractivity contribution in [1.82, 2.24) is 0 Å². The predicted octanol–water partition coefficient (Wildman–Crippen LogP) is 3.45. The van der Waals surface area contributed by atoms with Crippen LogP contribution in [0.25, 0.3) is 0 Å². The van der Waals surface area contributed by atoms with Crippen LogP contribution in [0.2, 0.25) is 10.0 Å². The zero-order chi connectivity index (χ0) is 9.14. The summed E-state index contributed by atoms with van der Waals surface area (Å²) in [5.41, 5.74) is 0.978. The number of hydrogen-bond acceptors (Lipinski definition) is 1. The van der Waals surface area contributed by atoms with E-state index in [1.165, 1.54) is 0 Å². The molecule has 0 saturated heterocycles. The van der Waals surface area contributed by atoms with Gasteiger partial charge in [-0.2, -0.15) is 0 Å². The Kier molecular flexibility index (Phi) is 3.24. The fraction of sp³-hybridized carbons (Fsp3) is 0.333. The first-order valence-corrected chi connectivity index (χ1v) is 4.57. The van der Waals surface area contributed by atoms with Crippen molar-refractivity contribution in [3.63, 3.8) is 0 Å². The highest BCUT2D eigenvalue weighted by molar-refractivity contribution is 6.43. The van der Waals surface area contributed by atoms with Crippen LogP contribution in [0.3, 0.4) is 0 Å². The van der Waals surface area contributed by atoms with Gasteiger partial charge in [0.05, 0.1) is 15.7 Å². The Balaban J connectivity index is 3.07. The molecule has 12 heavy (non-hydrogen) atoms. The molecule has 0 aromatic heterocycles. The number of benzene rings is 1. The summed E-state index contributed by atoms with van der Waals surface area (Å²) in [5, 5.41) is 1.23. The third-order valence-corrected chi connectivity index (χ3v) is 2.63. The maximum absolute atomic E-state index is 5.99. The minimum Gasteiger partial charge on any atom is -0.374 e. The summed E-state index contributed by atoms with van der Waals surface area (Å²) < 4.78 is 0. The standard InChI is InChI=1S/C9H11Cl2N/c1-3-12(2)8-6-4-5-7(10)9(8)11/h4-6H,3H2,1-2H3. The lowest BCUT2D eigenvalue weighted by Crippen LogP contribution is -2.15. The highest BCUT2D eigenvalue weighted by atomic mass is 35.5. The molecule has 1 rings (SSSR count). The second kappa shape index (κ2) is 4.01. The highest BCUT2D eigenvalue weighted by Gasteiger charge is 2.06. The van der Waals surface area contributed by atoms with Gasteiger partial charge in [-0.05, 0) is 19.1 Å². The molecule has 0 aliphatic carbocycles. The molecule has 0 saturated carbocycles. The zero-order valence-electron chi connectivity index (χ0n) is 7.14. The number of hydrogen-bond donors (Lipinski definition) is 0. The van der Waals surface area contributed by atoms with E-state index in [4.69, 9.17) is 23.2 Å². The van der Waals surface area contributed by atoms with Crippen LogP contribution in [0, 0.1) is 0 Å². The van der Waals surface area contributed by atoms with E-state index >= 15 is 0 Å². The zero-order valence-corrected chi connectivity index (χ0v) is 8.65. The molecule has 0 radical (unpaired) electrons. The first kappa shape index (κ1) is 9.69. The van der Waals surface area contributed by atoms with Gasteiger partial charge in [-0.3, -0.25) is 0 Å². The van der Waals surface area contributed by atoms with Crippen molar-refractivity contribution in [2.75, 3.05) is 18.5 Å². The fourth-order valence-electron chi connectivity index (χ4n) is 0.958. The first-order valence-electron chi connectivity index (χ1n) is 3.82. The molecule has 1 aromatic rings. The van der Waals surface area contributed by atoms with Crippen molar-refractivity contribution in [2.24, 2.45) is 0 Å². The maximum Gasteiger partial charge on any atom is 0.0825 e. The van der Waals surface area contributed by atoms with Gasteiger partial charge in [-0.15, -0.1) is 0 Å². The van der Waals surface area contributed by atoms with Crippen molar-refractivity contribution in [1.29, 1.82) is 0 Å². The van der Waals surface area contributed by atoms with E-state index in [2.05, 4.69) is 6.92 Å². The van der Waals surface area contributed by atoms with Crippen LogP contribution in [0.5, 0.6) is 0 Å². The summed E-state index contributed by atoms with van der Waals surface area (Å²) in [6, 6.07) is 5.64. The highest BCUT2D eigenvalue weighted by Crippen LogP contribution is 2.31. The number of anilines is 1.